The number of fused-ring (bicyclic) bond motifs is 9. The highest BCUT2D eigenvalue weighted by atomic mass is 79.9. The van der Waals surface area contributed by atoms with Crippen LogP contribution in [0.15, 0.2) is 229 Å². The summed E-state index contributed by atoms with van der Waals surface area (Å²) >= 11 is 3.64. The second-order valence-corrected chi connectivity index (χ2v) is 22.1. The van der Waals surface area contributed by atoms with Gasteiger partial charge in [0.15, 0.2) is 0 Å². The zero-order valence-corrected chi connectivity index (χ0v) is 45.4. The van der Waals surface area contributed by atoms with Gasteiger partial charge in [-0.3, -0.25) is 9.13 Å². The van der Waals surface area contributed by atoms with E-state index in [1.807, 2.05) is 0 Å². The fourth-order valence-corrected chi connectivity index (χ4v) is 13.5. The molecule has 0 unspecified atom stereocenters. The van der Waals surface area contributed by atoms with Crippen molar-refractivity contribution in [3.63, 3.8) is 0 Å². The summed E-state index contributed by atoms with van der Waals surface area (Å²) in [6, 6.07) is 81.7. The standard InChI is InChI=1S/C50H37N3.C21H16BrN3/c1-4-46-51-42-23-14-24-44-49(42)53(46)43-28-26-32(30-45(43)52(44)33-15-6-5-7-16-33)48-38-20-10-8-18-36(38)47(37-19-9-11-21-39(37)48)31-25-27-35-34-17-12-13-22-40(34)50(2,3)41(35)29-31;1-2-20-23-16-9-6-10-18-21(16)25(20)17-12-11-14(22)13-19(17)24(18)15-7-4-3-5-8-15/h5-30H,4H2,1-3H3;3-13H,2H2,1H3. The van der Waals surface area contributed by atoms with Gasteiger partial charge in [-0.2, -0.15) is 0 Å². The summed E-state index contributed by atoms with van der Waals surface area (Å²) in [6.45, 7) is 9.09. The number of rotatable bonds is 6. The molecule has 0 radical (unpaired) electrons. The van der Waals surface area contributed by atoms with Crippen LogP contribution in [0.25, 0.3) is 88.4 Å². The number of imidazole rings is 2. The fraction of sp³-hybridized carbons (Fsp3) is 0.0986. The first-order chi connectivity index (χ1) is 38.3. The minimum absolute atomic E-state index is 0.0711. The van der Waals surface area contributed by atoms with Crippen molar-refractivity contribution in [2.45, 2.75) is 46.0 Å². The van der Waals surface area contributed by atoms with E-state index in [2.05, 4.69) is 287 Å². The third kappa shape index (κ3) is 6.80. The predicted octanol–water partition coefficient (Wildman–Crippen LogP) is 19.5. The first-order valence-electron chi connectivity index (χ1n) is 27.1. The summed E-state index contributed by atoms with van der Waals surface area (Å²) in [5.41, 5.74) is 24.1. The Hall–Kier alpha value is -9.04. The van der Waals surface area contributed by atoms with Crippen molar-refractivity contribution in [3.8, 4) is 44.8 Å². The molecule has 1 aliphatic carbocycles. The van der Waals surface area contributed by atoms with E-state index in [1.54, 1.807) is 0 Å². The lowest BCUT2D eigenvalue weighted by molar-refractivity contribution is 0.660. The van der Waals surface area contributed by atoms with Gasteiger partial charge in [-0.25, -0.2) is 9.97 Å². The molecule has 3 aliphatic rings. The zero-order valence-electron chi connectivity index (χ0n) is 43.8. The van der Waals surface area contributed by atoms with Gasteiger partial charge in [0.1, 0.15) is 11.6 Å². The van der Waals surface area contributed by atoms with E-state index in [4.69, 9.17) is 9.97 Å². The van der Waals surface area contributed by atoms with Crippen molar-refractivity contribution in [1.82, 2.24) is 19.1 Å². The quantitative estimate of drug-likeness (QED) is 0.156. The summed E-state index contributed by atoms with van der Waals surface area (Å²) < 4.78 is 5.77. The molecule has 0 fully saturated rings. The number of halogens is 1. The molecule has 0 saturated carbocycles. The molecule has 2 aliphatic heterocycles. The summed E-state index contributed by atoms with van der Waals surface area (Å²) in [4.78, 5) is 14.7. The van der Waals surface area contributed by atoms with Gasteiger partial charge in [0, 0.05) is 34.1 Å². The zero-order chi connectivity index (χ0) is 52.4. The van der Waals surface area contributed by atoms with Crippen molar-refractivity contribution in [1.29, 1.82) is 0 Å². The number of hydrogen-bond donors (Lipinski definition) is 0. The van der Waals surface area contributed by atoms with Crippen LogP contribution in [-0.4, -0.2) is 19.1 Å². The van der Waals surface area contributed by atoms with E-state index in [9.17, 15) is 0 Å². The maximum atomic E-state index is 5.11. The number of benzene rings is 11. The summed E-state index contributed by atoms with van der Waals surface area (Å²) in [5.74, 6) is 2.17. The Kier molecular flexibility index (Phi) is 10.5. The third-order valence-electron chi connectivity index (χ3n) is 16.6. The van der Waals surface area contributed by atoms with Crippen LogP contribution >= 0.6 is 15.9 Å². The Morgan fingerprint density at radius 3 is 1.37 bits per heavy atom. The average molecular weight is 1070 g/mol. The van der Waals surface area contributed by atoms with E-state index in [0.29, 0.717) is 0 Å². The molecule has 7 heteroatoms. The topological polar surface area (TPSA) is 42.1 Å². The minimum Gasteiger partial charge on any atom is -0.306 e. The number of nitrogens with zero attached hydrogens (tertiary/aromatic N) is 6. The van der Waals surface area contributed by atoms with Crippen LogP contribution in [0.2, 0.25) is 0 Å². The van der Waals surface area contributed by atoms with Gasteiger partial charge < -0.3 is 9.80 Å². The van der Waals surface area contributed by atoms with Crippen LogP contribution in [0.5, 0.6) is 0 Å². The van der Waals surface area contributed by atoms with Crippen molar-refractivity contribution >= 4 is 93.7 Å². The Morgan fingerprint density at radius 2 is 0.833 bits per heavy atom. The summed E-state index contributed by atoms with van der Waals surface area (Å²) in [5, 5.41) is 5.04. The molecule has 0 saturated heterocycles. The van der Waals surface area contributed by atoms with Crippen molar-refractivity contribution in [2.75, 3.05) is 9.80 Å². The summed E-state index contributed by atoms with van der Waals surface area (Å²) in [6.07, 6.45) is 1.75. The number of para-hydroxylation sites is 4. The molecule has 16 rings (SSSR count). The predicted molar refractivity (Wildman–Crippen MR) is 329 cm³/mol. The largest absolute Gasteiger partial charge is 0.306 e. The number of aryl methyl sites for hydroxylation is 2. The molecule has 374 valence electrons. The highest BCUT2D eigenvalue weighted by molar-refractivity contribution is 9.10. The van der Waals surface area contributed by atoms with E-state index in [1.165, 1.54) is 82.9 Å². The lowest BCUT2D eigenvalue weighted by atomic mass is 9.80. The molecule has 6 nitrogen and oxygen atoms in total. The molecule has 0 amide bonds. The molecule has 13 aromatic rings. The lowest BCUT2D eigenvalue weighted by Gasteiger charge is -2.33. The van der Waals surface area contributed by atoms with Crippen LogP contribution in [0.1, 0.15) is 50.5 Å². The highest BCUT2D eigenvalue weighted by Crippen LogP contribution is 2.54. The summed E-state index contributed by atoms with van der Waals surface area (Å²) in [7, 11) is 0. The SMILES string of the molecule is CCc1nc2cccc3c2n1-c1ccc(-c2c4ccccc4c(-c4ccc5c(c4)C(C)(C)c4ccccc4-5)c4ccccc24)cc1N3c1ccccc1.CCc1nc2cccc3c2n1-c1ccc(Br)cc1N3c1ccccc1. The van der Waals surface area contributed by atoms with Gasteiger partial charge in [-0.05, 0) is 151 Å². The molecule has 0 spiro atoms. The Morgan fingerprint density at radius 1 is 0.385 bits per heavy atom. The van der Waals surface area contributed by atoms with Crippen LogP contribution in [0.4, 0.5) is 34.1 Å². The first-order valence-corrected chi connectivity index (χ1v) is 27.9. The molecule has 11 aromatic carbocycles. The van der Waals surface area contributed by atoms with E-state index in [0.717, 1.165) is 79.6 Å². The molecule has 0 atom stereocenters. The minimum atomic E-state index is -0.0711. The van der Waals surface area contributed by atoms with Crippen LogP contribution in [0, 0.1) is 0 Å². The Balaban J connectivity index is 0.000000176. The van der Waals surface area contributed by atoms with Crippen molar-refractivity contribution in [2.24, 2.45) is 0 Å². The van der Waals surface area contributed by atoms with E-state index >= 15 is 0 Å². The van der Waals surface area contributed by atoms with Crippen LogP contribution < -0.4 is 9.80 Å². The second kappa shape index (κ2) is 17.8. The van der Waals surface area contributed by atoms with Crippen molar-refractivity contribution < 1.29 is 0 Å². The average Bonchev–Trinajstić information content (AvgIpc) is 4.31. The van der Waals surface area contributed by atoms with E-state index in [-0.39, 0.29) is 5.41 Å². The van der Waals surface area contributed by atoms with Gasteiger partial charge >= 0.3 is 0 Å². The van der Waals surface area contributed by atoms with Gasteiger partial charge in [0.05, 0.1) is 56.2 Å². The highest BCUT2D eigenvalue weighted by Gasteiger charge is 2.36. The molecule has 0 N–H and O–H groups in total. The molecule has 78 heavy (non-hydrogen) atoms. The smallest absolute Gasteiger partial charge is 0.114 e. The molecular weight excluding hydrogens is 1020 g/mol. The van der Waals surface area contributed by atoms with Gasteiger partial charge in [0.25, 0.3) is 0 Å². The number of anilines is 6. The third-order valence-corrected chi connectivity index (χ3v) is 17.1. The maximum absolute atomic E-state index is 5.11. The Bertz CT molecular complexity index is 4530. The van der Waals surface area contributed by atoms with Gasteiger partial charge in [0.2, 0.25) is 0 Å². The lowest BCUT2D eigenvalue weighted by Crippen LogP contribution is -2.19. The normalized spacial score (nSPS) is 13.3. The molecule has 2 aromatic heterocycles. The first kappa shape index (κ1) is 46.3. The Labute approximate surface area is 462 Å². The monoisotopic (exact) mass is 1070 g/mol. The fourth-order valence-electron chi connectivity index (χ4n) is 13.2. The molecule has 0 bridgehead atoms. The second-order valence-electron chi connectivity index (χ2n) is 21.2. The van der Waals surface area contributed by atoms with Gasteiger partial charge in [-0.15, -0.1) is 0 Å². The maximum Gasteiger partial charge on any atom is 0.114 e. The molecule has 4 heterocycles. The van der Waals surface area contributed by atoms with Crippen LogP contribution in [0.3, 0.4) is 0 Å². The van der Waals surface area contributed by atoms with Crippen LogP contribution in [-0.2, 0) is 18.3 Å². The molecular formula is C71H53BrN6. The van der Waals surface area contributed by atoms with Crippen molar-refractivity contribution in [3.05, 3.63) is 252 Å². The number of hydrogen-bond acceptors (Lipinski definition) is 4. The van der Waals surface area contributed by atoms with Gasteiger partial charge in [-0.1, -0.05) is 183 Å². The van der Waals surface area contributed by atoms with E-state index < -0.39 is 0 Å². The number of aromatic nitrogens is 4.